The Morgan fingerprint density at radius 3 is 2.67 bits per heavy atom. The second kappa shape index (κ2) is 7.60. The van der Waals surface area contributed by atoms with Gasteiger partial charge in [-0.15, -0.1) is 0 Å². The maximum atomic E-state index is 12.7. The minimum absolute atomic E-state index is 0.0536. The molecule has 1 atom stereocenters. The fourth-order valence-corrected chi connectivity index (χ4v) is 4.23. The lowest BCUT2D eigenvalue weighted by Crippen LogP contribution is -2.36. The zero-order chi connectivity index (χ0) is 17.9. The van der Waals surface area contributed by atoms with E-state index in [4.69, 9.17) is 4.74 Å². The number of likely N-dealkylation sites (N-methyl/N-ethyl adjacent to an activating group) is 1. The van der Waals surface area contributed by atoms with Gasteiger partial charge in [0.05, 0.1) is 17.6 Å². The standard InChI is InChI=1S/C16H24N2O5S/c1-12-9-13(18-8-4-5-16(18)20)6-7-15(12)24(21,22)17(2)10-14(19)11-23-3/h6-7,9,14,19H,4-5,8,10-11H2,1-3H3/t14-/m0/s1. The van der Waals surface area contributed by atoms with E-state index >= 15 is 0 Å². The number of amides is 1. The van der Waals surface area contributed by atoms with Crippen molar-refractivity contribution in [2.45, 2.75) is 30.8 Å². The molecule has 1 amide bonds. The van der Waals surface area contributed by atoms with Gasteiger partial charge in [-0.05, 0) is 37.1 Å². The Balaban J connectivity index is 2.22. The van der Waals surface area contributed by atoms with Crippen LogP contribution >= 0.6 is 0 Å². The van der Waals surface area contributed by atoms with Gasteiger partial charge in [-0.2, -0.15) is 4.31 Å². The lowest BCUT2D eigenvalue weighted by atomic mass is 10.2. The van der Waals surface area contributed by atoms with Gasteiger partial charge in [0.25, 0.3) is 0 Å². The van der Waals surface area contributed by atoms with E-state index in [1.165, 1.54) is 20.2 Å². The number of aryl methyl sites for hydroxylation is 1. The molecular weight excluding hydrogens is 332 g/mol. The number of ether oxygens (including phenoxy) is 1. The Bertz CT molecular complexity index is 704. The molecule has 1 aliphatic rings. The largest absolute Gasteiger partial charge is 0.389 e. The van der Waals surface area contributed by atoms with E-state index in [9.17, 15) is 18.3 Å². The van der Waals surface area contributed by atoms with Crippen LogP contribution in [0.15, 0.2) is 23.1 Å². The number of hydrogen-bond acceptors (Lipinski definition) is 5. The number of carbonyl (C=O) groups excluding carboxylic acids is 1. The van der Waals surface area contributed by atoms with Crippen molar-refractivity contribution in [2.24, 2.45) is 0 Å². The van der Waals surface area contributed by atoms with Crippen molar-refractivity contribution in [3.8, 4) is 0 Å². The number of nitrogens with zero attached hydrogens (tertiary/aromatic N) is 2. The lowest BCUT2D eigenvalue weighted by Gasteiger charge is -2.22. The lowest BCUT2D eigenvalue weighted by molar-refractivity contribution is -0.117. The molecule has 1 saturated heterocycles. The maximum absolute atomic E-state index is 12.7. The summed E-state index contributed by atoms with van der Waals surface area (Å²) in [7, 11) is -0.856. The van der Waals surface area contributed by atoms with Gasteiger partial charge in [-0.25, -0.2) is 8.42 Å². The highest BCUT2D eigenvalue weighted by Gasteiger charge is 2.27. The Kier molecular flexibility index (Phi) is 5.97. The molecule has 1 aromatic rings. The van der Waals surface area contributed by atoms with Crippen molar-refractivity contribution in [3.05, 3.63) is 23.8 Å². The van der Waals surface area contributed by atoms with Gasteiger partial charge in [0.15, 0.2) is 0 Å². The number of carbonyl (C=O) groups is 1. The van der Waals surface area contributed by atoms with Crippen LogP contribution in [-0.2, 0) is 19.6 Å². The number of hydrogen-bond donors (Lipinski definition) is 1. The molecule has 0 aromatic heterocycles. The van der Waals surface area contributed by atoms with Crippen molar-refractivity contribution in [2.75, 3.05) is 38.8 Å². The molecule has 1 fully saturated rings. The fourth-order valence-electron chi connectivity index (χ4n) is 2.82. The SMILES string of the molecule is COC[C@@H](O)CN(C)S(=O)(=O)c1ccc(N2CCCC2=O)cc1C. The number of aliphatic hydroxyl groups is 1. The van der Waals surface area contributed by atoms with Crippen LogP contribution in [0.4, 0.5) is 5.69 Å². The molecule has 0 unspecified atom stereocenters. The quantitative estimate of drug-likeness (QED) is 0.779. The van der Waals surface area contributed by atoms with Crippen LogP contribution in [0, 0.1) is 6.92 Å². The molecule has 0 aliphatic carbocycles. The van der Waals surface area contributed by atoms with Gasteiger partial charge < -0.3 is 14.7 Å². The molecule has 24 heavy (non-hydrogen) atoms. The molecule has 7 nitrogen and oxygen atoms in total. The molecule has 0 radical (unpaired) electrons. The van der Waals surface area contributed by atoms with Crippen molar-refractivity contribution in [1.29, 1.82) is 0 Å². The second-order valence-corrected chi connectivity index (χ2v) is 8.01. The predicted molar refractivity (Wildman–Crippen MR) is 90.5 cm³/mol. The summed E-state index contributed by atoms with van der Waals surface area (Å²) in [5.74, 6) is 0.0600. The van der Waals surface area contributed by atoms with E-state index in [2.05, 4.69) is 0 Å². The third kappa shape index (κ3) is 3.94. The van der Waals surface area contributed by atoms with Crippen LogP contribution in [0.3, 0.4) is 0 Å². The number of aliphatic hydroxyl groups excluding tert-OH is 1. The Morgan fingerprint density at radius 2 is 2.12 bits per heavy atom. The first-order valence-corrected chi connectivity index (χ1v) is 9.25. The summed E-state index contributed by atoms with van der Waals surface area (Å²) in [4.78, 5) is 13.7. The van der Waals surface area contributed by atoms with Gasteiger partial charge in [-0.1, -0.05) is 0 Å². The smallest absolute Gasteiger partial charge is 0.243 e. The molecular formula is C16H24N2O5S. The first-order valence-electron chi connectivity index (χ1n) is 7.81. The zero-order valence-electron chi connectivity index (χ0n) is 14.2. The third-order valence-corrected chi connectivity index (χ3v) is 6.04. The van der Waals surface area contributed by atoms with Crippen molar-refractivity contribution in [1.82, 2.24) is 4.31 Å². The average Bonchev–Trinajstić information content (AvgIpc) is 2.93. The maximum Gasteiger partial charge on any atom is 0.243 e. The van der Waals surface area contributed by atoms with Gasteiger partial charge in [0, 0.05) is 39.4 Å². The van der Waals surface area contributed by atoms with Crippen LogP contribution < -0.4 is 4.90 Å². The number of anilines is 1. The normalized spacial score (nSPS) is 16.9. The van der Waals surface area contributed by atoms with E-state index < -0.39 is 16.1 Å². The molecule has 2 rings (SSSR count). The Labute approximate surface area is 142 Å². The van der Waals surface area contributed by atoms with Crippen molar-refractivity contribution < 1.29 is 23.1 Å². The first kappa shape index (κ1) is 18.9. The van der Waals surface area contributed by atoms with Crippen LogP contribution in [0.2, 0.25) is 0 Å². The third-order valence-electron chi connectivity index (χ3n) is 4.06. The second-order valence-electron chi connectivity index (χ2n) is 5.99. The molecule has 0 saturated carbocycles. The van der Waals surface area contributed by atoms with E-state index in [0.29, 0.717) is 18.5 Å². The molecule has 0 bridgehead atoms. The Hall–Kier alpha value is -1.48. The summed E-state index contributed by atoms with van der Waals surface area (Å²) >= 11 is 0. The highest BCUT2D eigenvalue weighted by atomic mass is 32.2. The van der Waals surface area contributed by atoms with E-state index in [1.807, 2.05) is 0 Å². The summed E-state index contributed by atoms with van der Waals surface area (Å²) in [6.45, 7) is 2.38. The number of sulfonamides is 1. The highest BCUT2D eigenvalue weighted by molar-refractivity contribution is 7.89. The van der Waals surface area contributed by atoms with E-state index in [1.54, 1.807) is 24.0 Å². The molecule has 1 heterocycles. The van der Waals surface area contributed by atoms with E-state index in [0.717, 1.165) is 16.4 Å². The van der Waals surface area contributed by atoms with Crippen LogP contribution in [-0.4, -0.2) is 63.7 Å². The van der Waals surface area contributed by atoms with Crippen molar-refractivity contribution in [3.63, 3.8) is 0 Å². The average molecular weight is 356 g/mol. The van der Waals surface area contributed by atoms with Crippen molar-refractivity contribution >= 4 is 21.6 Å². The first-order chi connectivity index (χ1) is 11.3. The summed E-state index contributed by atoms with van der Waals surface area (Å²) in [5, 5.41) is 9.74. The van der Waals surface area contributed by atoms with Gasteiger partial charge in [0.2, 0.25) is 15.9 Å². The van der Waals surface area contributed by atoms with Gasteiger partial charge in [-0.3, -0.25) is 4.79 Å². The molecule has 1 aliphatic heterocycles. The minimum atomic E-state index is -3.72. The number of rotatable bonds is 7. The minimum Gasteiger partial charge on any atom is -0.389 e. The summed E-state index contributed by atoms with van der Waals surface area (Å²) in [5.41, 5.74) is 1.29. The summed E-state index contributed by atoms with van der Waals surface area (Å²) in [6, 6.07) is 4.89. The van der Waals surface area contributed by atoms with Gasteiger partial charge >= 0.3 is 0 Å². The molecule has 0 spiro atoms. The fraction of sp³-hybridized carbons (Fsp3) is 0.562. The topological polar surface area (TPSA) is 87.2 Å². The summed E-state index contributed by atoms with van der Waals surface area (Å²) in [6.07, 6.45) is 0.452. The number of methoxy groups -OCH3 is 1. The van der Waals surface area contributed by atoms with Crippen LogP contribution in [0.25, 0.3) is 0 Å². The molecule has 134 valence electrons. The molecule has 1 aromatic carbocycles. The van der Waals surface area contributed by atoms with Gasteiger partial charge in [0.1, 0.15) is 0 Å². The van der Waals surface area contributed by atoms with E-state index in [-0.39, 0.29) is 24.0 Å². The predicted octanol–water partition coefficient (Wildman–Crippen LogP) is 0.750. The molecule has 8 heteroatoms. The zero-order valence-corrected chi connectivity index (χ0v) is 15.0. The molecule has 1 N–H and O–H groups in total. The number of benzene rings is 1. The van der Waals surface area contributed by atoms with Crippen LogP contribution in [0.5, 0.6) is 0 Å². The summed E-state index contributed by atoms with van der Waals surface area (Å²) < 4.78 is 31.3. The Morgan fingerprint density at radius 1 is 1.42 bits per heavy atom. The monoisotopic (exact) mass is 356 g/mol. The highest BCUT2D eigenvalue weighted by Crippen LogP contribution is 2.27. The van der Waals surface area contributed by atoms with Crippen LogP contribution in [0.1, 0.15) is 18.4 Å².